The molecule has 87 heavy (non-hydrogen) atoms. The van der Waals surface area contributed by atoms with Crippen molar-refractivity contribution < 1.29 is 43.6 Å². The summed E-state index contributed by atoms with van der Waals surface area (Å²) in [5.41, 5.74) is 1.65. The molecule has 3 aromatic heterocycles. The average Bonchev–Trinajstić information content (AvgIpc) is 2.82. The molecule has 2 saturated heterocycles. The van der Waals surface area contributed by atoms with E-state index in [2.05, 4.69) is 64.8 Å². The van der Waals surface area contributed by atoms with Gasteiger partial charge in [-0.2, -0.15) is 38.5 Å². The Hall–Kier alpha value is -5.37. The maximum Gasteiger partial charge on any atom is 0.247 e. The van der Waals surface area contributed by atoms with E-state index >= 15 is 0 Å². The van der Waals surface area contributed by atoms with Crippen LogP contribution in [-0.4, -0.2) is 237 Å². The van der Waals surface area contributed by atoms with Crippen molar-refractivity contribution >= 4 is 65.0 Å². The molecule has 488 valence electrons. The number of ether oxygens (including phenoxy) is 3. The first-order valence-corrected chi connectivity index (χ1v) is 34.7. The number of piperazine rings is 2. The Morgan fingerprint density at radius 1 is 0.540 bits per heavy atom. The largest absolute Gasteiger partial charge is 0.394 e. The number of hydrogen-bond donors (Lipinski definition) is 5. The van der Waals surface area contributed by atoms with Gasteiger partial charge in [0.2, 0.25) is 41.5 Å². The average molecular weight is 1260 g/mol. The number of carbonyl (C=O) groups is 4. The first-order chi connectivity index (χ1) is 42.7. The third-order valence-corrected chi connectivity index (χ3v) is 16.8. The molecule has 2 atom stereocenters. The van der Waals surface area contributed by atoms with Gasteiger partial charge in [-0.25, -0.2) is 9.36 Å². The number of amides is 4. The zero-order chi connectivity index (χ0) is 61.9. The van der Waals surface area contributed by atoms with Crippen LogP contribution in [0.4, 0.5) is 17.8 Å². The fraction of sp³-hybridized carbons (Fsp3) is 0.783. The second kappa shape index (κ2) is 45.0. The molecule has 27 heteroatoms. The normalized spacial score (nSPS) is 14.3. The lowest BCUT2D eigenvalue weighted by atomic mass is 10.1. The van der Waals surface area contributed by atoms with E-state index in [0.717, 1.165) is 151 Å². The number of thioether (sulfide) groups is 2. The predicted molar refractivity (Wildman–Crippen MR) is 342 cm³/mol. The maximum absolute atomic E-state index is 13.3. The van der Waals surface area contributed by atoms with Crippen LogP contribution in [0.5, 0.6) is 0 Å². The number of anilines is 3. The molecule has 0 unspecified atom stereocenters. The highest BCUT2D eigenvalue weighted by molar-refractivity contribution is 7.98. The van der Waals surface area contributed by atoms with Crippen molar-refractivity contribution in [3.63, 3.8) is 0 Å². The number of aryl methyl sites for hydroxylation is 2. The summed E-state index contributed by atoms with van der Waals surface area (Å²) in [5, 5.41) is 45.5. The summed E-state index contributed by atoms with van der Waals surface area (Å²) >= 11 is 3.56. The highest BCUT2D eigenvalue weighted by atomic mass is 32.2. The molecule has 5 rings (SSSR count). The van der Waals surface area contributed by atoms with Gasteiger partial charge < -0.3 is 60.0 Å². The van der Waals surface area contributed by atoms with Crippen LogP contribution in [-0.2, 0) is 46.2 Å². The van der Waals surface area contributed by atoms with E-state index in [1.54, 1.807) is 35.9 Å². The second-order valence-corrected chi connectivity index (χ2v) is 24.1. The van der Waals surface area contributed by atoms with Crippen LogP contribution in [0.3, 0.4) is 0 Å². The molecule has 5 N–H and O–H groups in total. The van der Waals surface area contributed by atoms with Crippen molar-refractivity contribution in [3.05, 3.63) is 23.8 Å². The number of rotatable bonds is 49. The fourth-order valence-electron chi connectivity index (χ4n) is 10.3. The molecule has 2 fully saturated rings. The highest BCUT2D eigenvalue weighted by Gasteiger charge is 2.28. The van der Waals surface area contributed by atoms with E-state index in [1.165, 1.54) is 9.36 Å². The Morgan fingerprint density at radius 3 is 1.36 bits per heavy atom. The molecule has 0 saturated carbocycles. The standard InChI is InChI=1S/C60H102N16O9S2/c1-4-38-83-40-42-85-43-41-84-39-29-63-58-64-59(73-34-30-71(31-35-73)54(79)25-17-13-9-5-7-11-15-19-27-61-56(81)52(48-77)75-46-50(67-69-75)23-21-44-86-2)66-60(65-58)74-36-32-72(33-37-74)55(80)26-18-14-10-6-8-12-16-20-28-62-57(82)53(49-78)76-47-51(68-70-76)24-22-45-87-3/h1,46-47,52-53,77-78H,5-45,48-49H2,2-3H3,(H,61,81)(H,62,82)(H,63,64,65,66)/t52-,53-/m0/s1. The zero-order valence-electron chi connectivity index (χ0n) is 52.2. The Bertz CT molecular complexity index is 2260. The summed E-state index contributed by atoms with van der Waals surface area (Å²) in [5.74, 6) is 5.92. The van der Waals surface area contributed by atoms with Crippen LogP contribution in [0.2, 0.25) is 0 Å². The second-order valence-electron chi connectivity index (χ2n) is 22.1. The number of carbonyl (C=O) groups excluding carboxylic acids is 4. The van der Waals surface area contributed by atoms with Crippen molar-refractivity contribution in [2.24, 2.45) is 0 Å². The fourth-order valence-corrected chi connectivity index (χ4v) is 11.1. The Labute approximate surface area is 525 Å². The molecular formula is C60H102N16O9S2. The van der Waals surface area contributed by atoms with Crippen LogP contribution in [0, 0.1) is 12.3 Å². The highest BCUT2D eigenvalue weighted by Crippen LogP contribution is 2.22. The van der Waals surface area contributed by atoms with E-state index in [-0.39, 0.29) is 43.4 Å². The SMILES string of the molecule is C#CCOCCOCCOCCNc1nc(N2CCN(C(=O)CCCCCCCCCCNC(=O)[C@H](CO)n3cc(CCCSC)nn3)CC2)nc(N2CCN(C(=O)CCCCCCCCCCNC(=O)[C@H](CO)n3cc(CCCSC)nn3)CC2)n1. The van der Waals surface area contributed by atoms with E-state index < -0.39 is 12.1 Å². The lowest BCUT2D eigenvalue weighted by Crippen LogP contribution is -2.50. The first kappa shape index (κ1) is 72.4. The van der Waals surface area contributed by atoms with Gasteiger partial charge in [0.15, 0.2) is 12.1 Å². The minimum Gasteiger partial charge on any atom is -0.394 e. The number of aliphatic hydroxyl groups is 2. The Kier molecular flexibility index (Phi) is 37.4. The topological polar surface area (TPSA) is 286 Å². The van der Waals surface area contributed by atoms with Crippen molar-refractivity contribution in [1.29, 1.82) is 0 Å². The quantitative estimate of drug-likeness (QED) is 0.0376. The van der Waals surface area contributed by atoms with Crippen LogP contribution < -0.4 is 25.8 Å². The predicted octanol–water partition coefficient (Wildman–Crippen LogP) is 4.76. The summed E-state index contributed by atoms with van der Waals surface area (Å²) < 4.78 is 19.5. The molecule has 0 aromatic carbocycles. The Balaban J connectivity index is 0.944. The van der Waals surface area contributed by atoms with Gasteiger partial charge in [-0.3, -0.25) is 19.2 Å². The molecule has 3 aromatic rings. The lowest BCUT2D eigenvalue weighted by molar-refractivity contribution is -0.132. The third kappa shape index (κ3) is 28.8. The van der Waals surface area contributed by atoms with Gasteiger partial charge >= 0.3 is 0 Å². The number of nitrogens with one attached hydrogen (secondary N) is 3. The van der Waals surface area contributed by atoms with Crippen LogP contribution in [0.15, 0.2) is 12.4 Å². The molecule has 0 radical (unpaired) electrons. The van der Waals surface area contributed by atoms with Crippen molar-refractivity contribution in [2.45, 2.75) is 153 Å². The molecule has 0 bridgehead atoms. The summed E-state index contributed by atoms with van der Waals surface area (Å²) in [6.45, 7) is 8.06. The van der Waals surface area contributed by atoms with Crippen molar-refractivity contribution in [2.75, 3.05) is 164 Å². The minimum atomic E-state index is -0.776. The number of terminal acetylenes is 1. The smallest absolute Gasteiger partial charge is 0.247 e. The van der Waals surface area contributed by atoms with Gasteiger partial charge in [0.05, 0.1) is 57.6 Å². The molecule has 0 spiro atoms. The summed E-state index contributed by atoms with van der Waals surface area (Å²) in [6.07, 6.45) is 33.8. The molecular weight excluding hydrogens is 1150 g/mol. The van der Waals surface area contributed by atoms with Crippen LogP contribution in [0.25, 0.3) is 0 Å². The van der Waals surface area contributed by atoms with Gasteiger partial charge in [0.25, 0.3) is 0 Å². The maximum atomic E-state index is 13.3. The summed E-state index contributed by atoms with van der Waals surface area (Å²) in [6, 6.07) is -1.55. The molecule has 2 aliphatic heterocycles. The van der Waals surface area contributed by atoms with E-state index in [1.807, 2.05) is 9.80 Å². The number of nitrogens with zero attached hydrogens (tertiary/aromatic N) is 13. The van der Waals surface area contributed by atoms with Gasteiger partial charge in [0, 0.05) is 97.2 Å². The van der Waals surface area contributed by atoms with E-state index in [9.17, 15) is 29.4 Å². The first-order valence-electron chi connectivity index (χ1n) is 32.0. The van der Waals surface area contributed by atoms with E-state index in [4.69, 9.17) is 35.6 Å². The van der Waals surface area contributed by atoms with Gasteiger partial charge in [-0.05, 0) is 75.4 Å². The minimum absolute atomic E-state index is 0.179. The lowest BCUT2D eigenvalue weighted by Gasteiger charge is -2.36. The van der Waals surface area contributed by atoms with Crippen LogP contribution >= 0.6 is 23.5 Å². The van der Waals surface area contributed by atoms with E-state index in [0.29, 0.717) is 136 Å². The monoisotopic (exact) mass is 1250 g/mol. The number of aromatic nitrogens is 9. The number of hydrogen-bond acceptors (Lipinski definition) is 21. The van der Waals surface area contributed by atoms with Gasteiger partial charge in [0.1, 0.15) is 6.61 Å². The van der Waals surface area contributed by atoms with Crippen molar-refractivity contribution in [1.82, 2.24) is 65.4 Å². The molecule has 5 heterocycles. The Morgan fingerprint density at radius 2 is 0.943 bits per heavy atom. The molecule has 0 aliphatic carbocycles. The van der Waals surface area contributed by atoms with Crippen molar-refractivity contribution in [3.8, 4) is 12.3 Å². The zero-order valence-corrected chi connectivity index (χ0v) is 53.8. The summed E-state index contributed by atoms with van der Waals surface area (Å²) in [4.78, 5) is 75.0. The molecule has 2 aliphatic rings. The van der Waals surface area contributed by atoms with Gasteiger partial charge in [-0.15, -0.1) is 16.6 Å². The number of unbranched alkanes of at least 4 members (excludes halogenated alkanes) is 14. The molecule has 25 nitrogen and oxygen atoms in total. The number of aliphatic hydroxyl groups excluding tert-OH is 2. The van der Waals surface area contributed by atoms with Crippen LogP contribution in [0.1, 0.15) is 152 Å². The molecule has 4 amide bonds. The third-order valence-electron chi connectivity index (χ3n) is 15.4. The van der Waals surface area contributed by atoms with Gasteiger partial charge in [-0.1, -0.05) is 93.4 Å². The summed E-state index contributed by atoms with van der Waals surface area (Å²) in [7, 11) is 0.